The Bertz CT molecular complexity index is 753. The number of amides is 1. The molecule has 26 heavy (non-hydrogen) atoms. The monoisotopic (exact) mass is 382 g/mol. The molecule has 1 saturated heterocycles. The molecule has 2 rings (SSSR count). The van der Waals surface area contributed by atoms with Crippen LogP contribution in [-0.2, 0) is 14.8 Å². The van der Waals surface area contributed by atoms with Crippen LogP contribution in [0.2, 0.25) is 0 Å². The van der Waals surface area contributed by atoms with Gasteiger partial charge in [-0.2, -0.15) is 4.72 Å². The second-order valence-electron chi connectivity index (χ2n) is 7.19. The lowest BCUT2D eigenvalue weighted by Crippen LogP contribution is -2.50. The normalized spacial score (nSPS) is 16.2. The van der Waals surface area contributed by atoms with E-state index < -0.39 is 16.1 Å². The molecule has 0 saturated carbocycles. The zero-order valence-electron chi connectivity index (χ0n) is 16.3. The summed E-state index contributed by atoms with van der Waals surface area (Å²) in [5, 5.41) is 0. The van der Waals surface area contributed by atoms with E-state index in [2.05, 4.69) is 4.72 Å². The van der Waals surface area contributed by atoms with E-state index in [1.807, 2.05) is 27.7 Å². The summed E-state index contributed by atoms with van der Waals surface area (Å²) in [5.74, 6) is 0.404. The first-order valence-electron chi connectivity index (χ1n) is 9.22. The number of sulfonamides is 1. The lowest BCUT2D eigenvalue weighted by molar-refractivity contribution is -0.132. The third-order valence-corrected chi connectivity index (χ3v) is 6.28. The van der Waals surface area contributed by atoms with Crippen LogP contribution in [-0.4, -0.2) is 45.0 Å². The van der Waals surface area contributed by atoms with Crippen molar-refractivity contribution >= 4 is 15.9 Å². The molecule has 1 N–H and O–H groups in total. The van der Waals surface area contributed by atoms with Crippen molar-refractivity contribution in [2.45, 2.75) is 58.4 Å². The summed E-state index contributed by atoms with van der Waals surface area (Å²) in [6.07, 6.45) is 1.95. The van der Waals surface area contributed by atoms with E-state index in [1.54, 1.807) is 24.0 Å². The second kappa shape index (κ2) is 8.39. The van der Waals surface area contributed by atoms with Crippen LogP contribution < -0.4 is 9.46 Å². The van der Waals surface area contributed by atoms with Crippen LogP contribution in [0.3, 0.4) is 0 Å². The summed E-state index contributed by atoms with van der Waals surface area (Å²) in [7, 11) is -3.82. The zero-order chi connectivity index (χ0) is 19.5. The number of hydrogen-bond donors (Lipinski definition) is 1. The van der Waals surface area contributed by atoms with Gasteiger partial charge in [-0.15, -0.1) is 0 Å². The number of nitrogens with one attached hydrogen (secondary N) is 1. The molecule has 0 spiro atoms. The van der Waals surface area contributed by atoms with E-state index >= 15 is 0 Å². The van der Waals surface area contributed by atoms with Crippen LogP contribution in [0.15, 0.2) is 17.0 Å². The first-order chi connectivity index (χ1) is 12.2. The predicted octanol–water partition coefficient (Wildman–Crippen LogP) is 2.63. The van der Waals surface area contributed by atoms with Gasteiger partial charge in [-0.3, -0.25) is 4.79 Å². The lowest BCUT2D eigenvalue weighted by atomic mass is 10.0. The zero-order valence-corrected chi connectivity index (χ0v) is 17.1. The van der Waals surface area contributed by atoms with Crippen molar-refractivity contribution in [3.8, 4) is 5.75 Å². The number of carbonyl (C=O) groups is 1. The standard InChI is InChI=1S/C19H30N2O4S/c1-6-25-16-11-15(5)17(12-14(16)4)26(23,24)20-18(13(2)3)19(22)21-9-7-8-10-21/h11-13,18,20H,6-10H2,1-5H3/t18-/m1/s1. The second-order valence-corrected chi connectivity index (χ2v) is 8.87. The smallest absolute Gasteiger partial charge is 0.241 e. The van der Waals surface area contributed by atoms with Gasteiger partial charge in [-0.1, -0.05) is 13.8 Å². The average molecular weight is 383 g/mol. The molecule has 0 aromatic heterocycles. The first kappa shape index (κ1) is 20.7. The topological polar surface area (TPSA) is 75.7 Å². The summed E-state index contributed by atoms with van der Waals surface area (Å²) >= 11 is 0. The molecule has 0 bridgehead atoms. The predicted molar refractivity (Wildman–Crippen MR) is 102 cm³/mol. The Morgan fingerprint density at radius 1 is 1.19 bits per heavy atom. The Balaban J connectivity index is 2.30. The largest absolute Gasteiger partial charge is 0.494 e. The first-order valence-corrected chi connectivity index (χ1v) is 10.7. The van der Waals surface area contributed by atoms with Gasteiger partial charge in [-0.25, -0.2) is 8.42 Å². The molecule has 0 unspecified atom stereocenters. The average Bonchev–Trinajstić information content (AvgIpc) is 3.09. The number of hydrogen-bond acceptors (Lipinski definition) is 4. The molecule has 7 heteroatoms. The number of aryl methyl sites for hydroxylation is 2. The minimum absolute atomic E-state index is 0.137. The van der Waals surface area contributed by atoms with E-state index in [0.29, 0.717) is 31.0 Å². The molecule has 1 fully saturated rings. The molecule has 1 heterocycles. The Kier molecular flexibility index (Phi) is 6.69. The van der Waals surface area contributed by atoms with Gasteiger partial charge in [0, 0.05) is 13.1 Å². The molecule has 146 valence electrons. The lowest BCUT2D eigenvalue weighted by Gasteiger charge is -2.27. The molecule has 0 aliphatic carbocycles. The number of benzene rings is 1. The van der Waals surface area contributed by atoms with Gasteiger partial charge in [-0.05, 0) is 62.8 Å². The van der Waals surface area contributed by atoms with Crippen LogP contribution in [0.1, 0.15) is 44.7 Å². The highest BCUT2D eigenvalue weighted by atomic mass is 32.2. The molecular weight excluding hydrogens is 352 g/mol. The summed E-state index contributed by atoms with van der Waals surface area (Å²) < 4.78 is 34.2. The minimum Gasteiger partial charge on any atom is -0.494 e. The van der Waals surface area contributed by atoms with Gasteiger partial charge in [0.05, 0.1) is 11.5 Å². The molecule has 0 radical (unpaired) electrons. The van der Waals surface area contributed by atoms with Crippen molar-refractivity contribution in [2.75, 3.05) is 19.7 Å². The summed E-state index contributed by atoms with van der Waals surface area (Å²) in [6.45, 7) is 11.1. The summed E-state index contributed by atoms with van der Waals surface area (Å²) in [4.78, 5) is 14.7. The quantitative estimate of drug-likeness (QED) is 0.787. The van der Waals surface area contributed by atoms with Gasteiger partial charge in [0.25, 0.3) is 0 Å². The van der Waals surface area contributed by atoms with Gasteiger partial charge in [0.2, 0.25) is 15.9 Å². The number of rotatable bonds is 7. The SMILES string of the molecule is CCOc1cc(C)c(S(=O)(=O)N[C@@H](C(=O)N2CCCC2)C(C)C)cc1C. The van der Waals surface area contributed by atoms with Crippen molar-refractivity contribution < 1.29 is 17.9 Å². The maximum atomic E-state index is 13.0. The fourth-order valence-corrected chi connectivity index (χ4v) is 4.85. The molecule has 1 atom stereocenters. The molecule has 1 amide bonds. The Morgan fingerprint density at radius 3 is 2.35 bits per heavy atom. The van der Waals surface area contributed by atoms with Crippen LogP contribution in [0.5, 0.6) is 5.75 Å². The molecule has 1 aromatic carbocycles. The van der Waals surface area contributed by atoms with Gasteiger partial charge < -0.3 is 9.64 Å². The Hall–Kier alpha value is -1.60. The highest BCUT2D eigenvalue weighted by molar-refractivity contribution is 7.89. The third kappa shape index (κ3) is 4.57. The Morgan fingerprint density at radius 2 is 1.81 bits per heavy atom. The van der Waals surface area contributed by atoms with Gasteiger partial charge in [0.15, 0.2) is 0 Å². The van der Waals surface area contributed by atoms with E-state index in [4.69, 9.17) is 4.74 Å². The van der Waals surface area contributed by atoms with Crippen molar-refractivity contribution in [1.82, 2.24) is 9.62 Å². The maximum absolute atomic E-state index is 13.0. The fraction of sp³-hybridized carbons (Fsp3) is 0.632. The number of carbonyl (C=O) groups excluding carboxylic acids is 1. The molecule has 6 nitrogen and oxygen atoms in total. The number of nitrogens with zero attached hydrogens (tertiary/aromatic N) is 1. The van der Waals surface area contributed by atoms with Crippen molar-refractivity contribution in [3.05, 3.63) is 23.3 Å². The van der Waals surface area contributed by atoms with E-state index in [1.165, 1.54) is 0 Å². The fourth-order valence-electron chi connectivity index (χ4n) is 3.20. The van der Waals surface area contributed by atoms with Crippen molar-refractivity contribution in [3.63, 3.8) is 0 Å². The third-order valence-electron chi connectivity index (χ3n) is 4.69. The number of ether oxygens (including phenoxy) is 1. The van der Waals surface area contributed by atoms with E-state index in [9.17, 15) is 13.2 Å². The van der Waals surface area contributed by atoms with Crippen molar-refractivity contribution in [2.24, 2.45) is 5.92 Å². The highest BCUT2D eigenvalue weighted by Crippen LogP contribution is 2.26. The van der Waals surface area contributed by atoms with Gasteiger partial charge >= 0.3 is 0 Å². The maximum Gasteiger partial charge on any atom is 0.241 e. The molecule has 1 aliphatic heterocycles. The van der Waals surface area contributed by atoms with Crippen LogP contribution in [0, 0.1) is 19.8 Å². The molecule has 1 aromatic rings. The van der Waals surface area contributed by atoms with Crippen LogP contribution in [0.25, 0.3) is 0 Å². The minimum atomic E-state index is -3.82. The Labute approximate surface area is 157 Å². The van der Waals surface area contributed by atoms with E-state index in [0.717, 1.165) is 18.4 Å². The number of likely N-dealkylation sites (tertiary alicyclic amines) is 1. The highest BCUT2D eigenvalue weighted by Gasteiger charge is 2.33. The van der Waals surface area contributed by atoms with Gasteiger partial charge in [0.1, 0.15) is 11.8 Å². The van der Waals surface area contributed by atoms with E-state index in [-0.39, 0.29) is 16.7 Å². The summed E-state index contributed by atoms with van der Waals surface area (Å²) in [6, 6.07) is 2.59. The van der Waals surface area contributed by atoms with Crippen LogP contribution >= 0.6 is 0 Å². The molecule has 1 aliphatic rings. The molecular formula is C19H30N2O4S. The van der Waals surface area contributed by atoms with Crippen LogP contribution in [0.4, 0.5) is 0 Å². The summed E-state index contributed by atoms with van der Waals surface area (Å²) in [5.41, 5.74) is 1.35. The van der Waals surface area contributed by atoms with Crippen molar-refractivity contribution in [1.29, 1.82) is 0 Å².